The van der Waals surface area contributed by atoms with E-state index in [9.17, 15) is 15.3 Å². The summed E-state index contributed by atoms with van der Waals surface area (Å²) in [5.41, 5.74) is 4.48. The highest BCUT2D eigenvalue weighted by Gasteiger charge is 2.24. The van der Waals surface area contributed by atoms with E-state index in [0.29, 0.717) is 34.1 Å². The molecular formula is C31H38O3. The molecule has 3 nitrogen and oxygen atoms in total. The summed E-state index contributed by atoms with van der Waals surface area (Å²) in [7, 11) is 0. The third-order valence-electron chi connectivity index (χ3n) is 7.84. The molecule has 0 spiro atoms. The number of para-hydroxylation sites is 3. The molecule has 3 aromatic rings. The van der Waals surface area contributed by atoms with Gasteiger partial charge in [0.1, 0.15) is 17.2 Å². The Morgan fingerprint density at radius 2 is 0.765 bits per heavy atom. The molecule has 180 valence electrons. The van der Waals surface area contributed by atoms with Crippen molar-refractivity contribution in [3.8, 4) is 39.5 Å². The van der Waals surface area contributed by atoms with Gasteiger partial charge < -0.3 is 15.3 Å². The van der Waals surface area contributed by atoms with Crippen molar-refractivity contribution in [2.24, 2.45) is 0 Å². The minimum Gasteiger partial charge on any atom is -0.507 e. The van der Waals surface area contributed by atoms with Crippen LogP contribution in [0.3, 0.4) is 0 Å². The Morgan fingerprint density at radius 1 is 0.441 bits per heavy atom. The number of aromatic hydroxyl groups is 3. The van der Waals surface area contributed by atoms with Crippen molar-refractivity contribution in [2.45, 2.75) is 83.5 Å². The van der Waals surface area contributed by atoms with Gasteiger partial charge in [-0.3, -0.25) is 0 Å². The van der Waals surface area contributed by atoms with Gasteiger partial charge in [0.25, 0.3) is 0 Å². The van der Waals surface area contributed by atoms with Crippen LogP contribution in [0.5, 0.6) is 17.2 Å². The Bertz CT molecular complexity index is 1040. The molecule has 2 aliphatic rings. The van der Waals surface area contributed by atoms with Crippen LogP contribution < -0.4 is 0 Å². The van der Waals surface area contributed by atoms with Crippen LogP contribution in [0.25, 0.3) is 22.3 Å². The Labute approximate surface area is 204 Å². The number of benzene rings is 3. The van der Waals surface area contributed by atoms with Gasteiger partial charge in [-0.05, 0) is 48.6 Å². The summed E-state index contributed by atoms with van der Waals surface area (Å²) in [4.78, 5) is 0. The van der Waals surface area contributed by atoms with Crippen molar-refractivity contribution < 1.29 is 15.3 Å². The second kappa shape index (κ2) is 10.5. The van der Waals surface area contributed by atoms with E-state index < -0.39 is 0 Å². The summed E-state index contributed by atoms with van der Waals surface area (Å²) in [6.07, 6.45) is 11.7. The van der Waals surface area contributed by atoms with Crippen molar-refractivity contribution in [1.29, 1.82) is 0 Å². The summed E-state index contributed by atoms with van der Waals surface area (Å²) in [5.74, 6) is 1.40. The molecule has 0 aromatic heterocycles. The maximum atomic E-state index is 11.3. The Morgan fingerprint density at radius 3 is 1.15 bits per heavy atom. The van der Waals surface area contributed by atoms with Gasteiger partial charge in [-0.25, -0.2) is 0 Å². The molecule has 3 heteroatoms. The van der Waals surface area contributed by atoms with Crippen LogP contribution in [0.2, 0.25) is 0 Å². The lowest BCUT2D eigenvalue weighted by Gasteiger charge is -2.24. The zero-order valence-electron chi connectivity index (χ0n) is 19.3. The topological polar surface area (TPSA) is 60.7 Å². The molecule has 0 atom stereocenters. The molecule has 0 unspecified atom stereocenters. The molecule has 2 fully saturated rings. The first-order valence-electron chi connectivity index (χ1n) is 12.6. The average molecular weight is 459 g/mol. The van der Waals surface area contributed by atoms with E-state index >= 15 is 0 Å². The third kappa shape index (κ3) is 4.53. The minimum absolute atomic E-state index is 0. The van der Waals surface area contributed by atoms with E-state index in [2.05, 4.69) is 0 Å². The van der Waals surface area contributed by atoms with Crippen LogP contribution >= 0.6 is 0 Å². The molecule has 2 saturated carbocycles. The lowest BCUT2D eigenvalue weighted by atomic mass is 9.82. The number of phenols is 3. The highest BCUT2D eigenvalue weighted by molar-refractivity contribution is 5.87. The van der Waals surface area contributed by atoms with Gasteiger partial charge in [-0.1, -0.05) is 101 Å². The van der Waals surface area contributed by atoms with E-state index in [1.54, 1.807) is 0 Å². The molecule has 0 bridgehead atoms. The van der Waals surface area contributed by atoms with Crippen LogP contribution in [0.1, 0.15) is 94.6 Å². The average Bonchev–Trinajstić information content (AvgIpc) is 2.86. The molecule has 0 aliphatic heterocycles. The number of hydrogen-bond donors (Lipinski definition) is 3. The van der Waals surface area contributed by atoms with Gasteiger partial charge in [0.15, 0.2) is 0 Å². The molecule has 0 heterocycles. The fourth-order valence-electron chi connectivity index (χ4n) is 6.02. The van der Waals surface area contributed by atoms with Crippen LogP contribution in [0, 0.1) is 0 Å². The Hall–Kier alpha value is -2.94. The first-order valence-corrected chi connectivity index (χ1v) is 12.6. The van der Waals surface area contributed by atoms with Crippen molar-refractivity contribution in [1.82, 2.24) is 0 Å². The third-order valence-corrected chi connectivity index (χ3v) is 7.84. The fourth-order valence-corrected chi connectivity index (χ4v) is 6.02. The summed E-state index contributed by atoms with van der Waals surface area (Å²) in [6, 6.07) is 17.3. The molecule has 3 N–H and O–H groups in total. The van der Waals surface area contributed by atoms with Gasteiger partial charge in [0.05, 0.1) is 0 Å². The van der Waals surface area contributed by atoms with Gasteiger partial charge in [-0.2, -0.15) is 0 Å². The molecular weight excluding hydrogens is 420 g/mol. The van der Waals surface area contributed by atoms with Crippen LogP contribution in [-0.2, 0) is 0 Å². The maximum Gasteiger partial charge on any atom is 0.131 e. The number of hydrogen-bond acceptors (Lipinski definition) is 3. The highest BCUT2D eigenvalue weighted by atomic mass is 16.3. The van der Waals surface area contributed by atoms with E-state index in [4.69, 9.17) is 0 Å². The maximum absolute atomic E-state index is 11.3. The van der Waals surface area contributed by atoms with Gasteiger partial charge >= 0.3 is 0 Å². The zero-order valence-corrected chi connectivity index (χ0v) is 19.3. The monoisotopic (exact) mass is 458 g/mol. The lowest BCUT2D eigenvalue weighted by molar-refractivity contribution is 0.414. The zero-order chi connectivity index (χ0) is 22.8. The summed E-state index contributed by atoms with van der Waals surface area (Å²) in [6.45, 7) is 0. The van der Waals surface area contributed by atoms with Crippen molar-refractivity contribution in [3.05, 3.63) is 65.7 Å². The SMILES string of the molecule is C.Oc1c(-c2cccc(C3CCCCC3)c2O)cccc1-c1cccc(C2CCCCC2)c1O. The van der Waals surface area contributed by atoms with Gasteiger partial charge in [0.2, 0.25) is 0 Å². The molecule has 34 heavy (non-hydrogen) atoms. The Balaban J connectivity index is 0.00000274. The molecule has 2 aliphatic carbocycles. The fraction of sp³-hybridized carbons (Fsp3) is 0.419. The summed E-state index contributed by atoms with van der Waals surface area (Å²) >= 11 is 0. The molecule has 0 radical (unpaired) electrons. The normalized spacial score (nSPS) is 17.3. The van der Waals surface area contributed by atoms with Gasteiger partial charge in [-0.15, -0.1) is 0 Å². The molecule has 3 aromatic carbocycles. The number of phenolic OH excluding ortho intramolecular Hbond substituents is 3. The second-order valence-electron chi connectivity index (χ2n) is 9.86. The second-order valence-corrected chi connectivity index (χ2v) is 9.86. The van der Waals surface area contributed by atoms with Crippen molar-refractivity contribution >= 4 is 0 Å². The smallest absolute Gasteiger partial charge is 0.131 e. The van der Waals surface area contributed by atoms with Crippen molar-refractivity contribution in [3.63, 3.8) is 0 Å². The molecule has 0 amide bonds. The molecule has 5 rings (SSSR count). The van der Waals surface area contributed by atoms with Crippen molar-refractivity contribution in [2.75, 3.05) is 0 Å². The van der Waals surface area contributed by atoms with E-state index in [1.165, 1.54) is 38.5 Å². The highest BCUT2D eigenvalue weighted by Crippen LogP contribution is 2.48. The van der Waals surface area contributed by atoms with Crippen LogP contribution in [0.4, 0.5) is 0 Å². The Kier molecular flexibility index (Phi) is 7.50. The quantitative estimate of drug-likeness (QED) is 0.366. The van der Waals surface area contributed by atoms with Gasteiger partial charge in [0, 0.05) is 22.3 Å². The van der Waals surface area contributed by atoms with Crippen LogP contribution in [-0.4, -0.2) is 15.3 Å². The first kappa shape index (κ1) is 24.2. The largest absolute Gasteiger partial charge is 0.507 e. The van der Waals surface area contributed by atoms with E-state index in [1.807, 2.05) is 54.6 Å². The van der Waals surface area contributed by atoms with E-state index in [0.717, 1.165) is 36.8 Å². The minimum atomic E-state index is 0. The standard InChI is InChI=1S/C30H34O3.CH4/c31-28-22(20-10-3-1-4-11-20)14-7-16-24(28)26-18-9-19-27(30(26)33)25-17-8-15-23(29(25)32)21-12-5-2-6-13-21;/h7-9,14-21,31-33H,1-6,10-13H2;1H4. The summed E-state index contributed by atoms with van der Waals surface area (Å²) in [5, 5.41) is 33.7. The first-order chi connectivity index (χ1) is 16.1. The predicted molar refractivity (Wildman–Crippen MR) is 141 cm³/mol. The van der Waals surface area contributed by atoms with Crippen LogP contribution in [0.15, 0.2) is 54.6 Å². The molecule has 0 saturated heterocycles. The van der Waals surface area contributed by atoms with E-state index in [-0.39, 0.29) is 24.7 Å². The number of rotatable bonds is 4. The summed E-state index contributed by atoms with van der Waals surface area (Å²) < 4.78 is 0. The lowest BCUT2D eigenvalue weighted by Crippen LogP contribution is -2.05. The predicted octanol–water partition coefficient (Wildman–Crippen LogP) is 8.87.